The first-order valence-electron chi connectivity index (χ1n) is 7.48. The van der Waals surface area contributed by atoms with E-state index in [-0.39, 0.29) is 5.60 Å². The highest BCUT2D eigenvalue weighted by molar-refractivity contribution is 4.98. The van der Waals surface area contributed by atoms with Crippen molar-refractivity contribution in [1.82, 2.24) is 14.9 Å². The summed E-state index contributed by atoms with van der Waals surface area (Å²) in [6.07, 6.45) is 8.92. The van der Waals surface area contributed by atoms with Crippen LogP contribution in [-0.4, -0.2) is 34.3 Å². The highest BCUT2D eigenvalue weighted by Gasteiger charge is 2.31. The molecule has 2 rings (SSSR count). The summed E-state index contributed by atoms with van der Waals surface area (Å²) in [4.78, 5) is 4.46. The van der Waals surface area contributed by atoms with E-state index in [4.69, 9.17) is 4.74 Å². The third-order valence-electron chi connectivity index (χ3n) is 3.64. The molecule has 0 saturated carbocycles. The van der Waals surface area contributed by atoms with E-state index >= 15 is 0 Å². The highest BCUT2D eigenvalue weighted by atomic mass is 16.5. The molecule has 1 unspecified atom stereocenters. The molecule has 1 aliphatic rings. The molecule has 1 N–H and O–H groups in total. The second kappa shape index (κ2) is 6.53. The van der Waals surface area contributed by atoms with Crippen molar-refractivity contribution in [3.05, 3.63) is 18.2 Å². The van der Waals surface area contributed by atoms with E-state index in [0.717, 1.165) is 38.9 Å². The van der Waals surface area contributed by atoms with Crippen molar-refractivity contribution in [2.24, 2.45) is 0 Å². The van der Waals surface area contributed by atoms with Crippen molar-refractivity contribution < 1.29 is 4.74 Å². The number of rotatable bonds is 7. The van der Waals surface area contributed by atoms with E-state index in [1.165, 1.54) is 12.1 Å². The smallest absolute Gasteiger partial charge is 0.0950 e. The Labute approximate surface area is 116 Å². The summed E-state index contributed by atoms with van der Waals surface area (Å²) < 4.78 is 8.18. The van der Waals surface area contributed by atoms with E-state index in [9.17, 15) is 0 Å². The molecule has 1 aliphatic heterocycles. The fraction of sp³-hybridized carbons (Fsp3) is 0.800. The SMILES string of the molecule is CCCNCCc1cn(CC2CCC(C)(C)O2)cn1. The minimum Gasteiger partial charge on any atom is -0.370 e. The highest BCUT2D eigenvalue weighted by Crippen LogP contribution is 2.30. The van der Waals surface area contributed by atoms with Crippen LogP contribution in [-0.2, 0) is 17.7 Å². The zero-order chi connectivity index (χ0) is 13.7. The molecular formula is C15H27N3O. The summed E-state index contributed by atoms with van der Waals surface area (Å²) in [5, 5.41) is 3.40. The Morgan fingerprint density at radius 1 is 1.47 bits per heavy atom. The van der Waals surface area contributed by atoms with Crippen molar-refractivity contribution >= 4 is 0 Å². The molecule has 0 bridgehead atoms. The lowest BCUT2D eigenvalue weighted by Crippen LogP contribution is -2.22. The molecule has 1 fully saturated rings. The van der Waals surface area contributed by atoms with Gasteiger partial charge in [0.25, 0.3) is 0 Å². The maximum atomic E-state index is 6.01. The lowest BCUT2D eigenvalue weighted by molar-refractivity contribution is -0.0217. The van der Waals surface area contributed by atoms with Gasteiger partial charge in [-0.25, -0.2) is 4.98 Å². The number of aromatic nitrogens is 2. The van der Waals surface area contributed by atoms with Gasteiger partial charge in [0.2, 0.25) is 0 Å². The molecule has 4 nitrogen and oxygen atoms in total. The van der Waals surface area contributed by atoms with Crippen molar-refractivity contribution in [2.75, 3.05) is 13.1 Å². The van der Waals surface area contributed by atoms with Gasteiger partial charge in [-0.1, -0.05) is 6.92 Å². The van der Waals surface area contributed by atoms with Crippen LogP contribution in [0.2, 0.25) is 0 Å². The first-order chi connectivity index (χ1) is 9.09. The van der Waals surface area contributed by atoms with Gasteiger partial charge in [-0.05, 0) is 39.7 Å². The Balaban J connectivity index is 1.75. The van der Waals surface area contributed by atoms with Gasteiger partial charge in [0.1, 0.15) is 0 Å². The lowest BCUT2D eigenvalue weighted by atomic mass is 10.1. The molecule has 0 spiro atoms. The topological polar surface area (TPSA) is 39.1 Å². The van der Waals surface area contributed by atoms with Crippen LogP contribution in [0.5, 0.6) is 0 Å². The van der Waals surface area contributed by atoms with Crippen LogP contribution in [0.25, 0.3) is 0 Å². The summed E-state index contributed by atoms with van der Waals surface area (Å²) in [6, 6.07) is 0. The first kappa shape index (κ1) is 14.5. The normalized spacial score (nSPS) is 21.9. The molecule has 2 heterocycles. The van der Waals surface area contributed by atoms with Gasteiger partial charge >= 0.3 is 0 Å². The van der Waals surface area contributed by atoms with Gasteiger partial charge in [-0.15, -0.1) is 0 Å². The van der Waals surface area contributed by atoms with E-state index in [1.54, 1.807) is 0 Å². The second-order valence-corrected chi connectivity index (χ2v) is 6.10. The fourth-order valence-electron chi connectivity index (χ4n) is 2.59. The molecule has 0 aliphatic carbocycles. The zero-order valence-corrected chi connectivity index (χ0v) is 12.5. The van der Waals surface area contributed by atoms with Crippen LogP contribution in [0, 0.1) is 0 Å². The number of hydrogen-bond donors (Lipinski definition) is 1. The quantitative estimate of drug-likeness (QED) is 0.769. The van der Waals surface area contributed by atoms with Crippen LogP contribution in [0.15, 0.2) is 12.5 Å². The van der Waals surface area contributed by atoms with Crippen LogP contribution >= 0.6 is 0 Å². The molecule has 1 aromatic rings. The fourth-order valence-corrected chi connectivity index (χ4v) is 2.59. The van der Waals surface area contributed by atoms with Crippen molar-refractivity contribution in [3.63, 3.8) is 0 Å². The average Bonchev–Trinajstić information content (AvgIpc) is 2.92. The summed E-state index contributed by atoms with van der Waals surface area (Å²) in [5.74, 6) is 0. The maximum Gasteiger partial charge on any atom is 0.0950 e. The summed E-state index contributed by atoms with van der Waals surface area (Å²) in [7, 11) is 0. The maximum absolute atomic E-state index is 6.01. The molecule has 0 aromatic carbocycles. The van der Waals surface area contributed by atoms with Crippen molar-refractivity contribution in [2.45, 2.75) is 64.7 Å². The average molecular weight is 265 g/mol. The number of nitrogens with zero attached hydrogens (tertiary/aromatic N) is 2. The molecule has 19 heavy (non-hydrogen) atoms. The van der Waals surface area contributed by atoms with Crippen LogP contribution < -0.4 is 5.32 Å². The van der Waals surface area contributed by atoms with Gasteiger partial charge in [0.05, 0.1) is 23.7 Å². The van der Waals surface area contributed by atoms with Crippen LogP contribution in [0.3, 0.4) is 0 Å². The van der Waals surface area contributed by atoms with E-state index in [2.05, 4.69) is 41.8 Å². The van der Waals surface area contributed by atoms with Gasteiger partial charge in [0.15, 0.2) is 0 Å². The molecule has 4 heteroatoms. The summed E-state index contributed by atoms with van der Waals surface area (Å²) in [6.45, 7) is 9.56. The van der Waals surface area contributed by atoms with Gasteiger partial charge in [0, 0.05) is 25.7 Å². The Morgan fingerprint density at radius 3 is 3.00 bits per heavy atom. The lowest BCUT2D eigenvalue weighted by Gasteiger charge is -2.19. The molecule has 1 aromatic heterocycles. The van der Waals surface area contributed by atoms with E-state index < -0.39 is 0 Å². The number of hydrogen-bond acceptors (Lipinski definition) is 3. The van der Waals surface area contributed by atoms with Crippen molar-refractivity contribution in [1.29, 1.82) is 0 Å². The van der Waals surface area contributed by atoms with Crippen LogP contribution in [0.4, 0.5) is 0 Å². The predicted molar refractivity (Wildman–Crippen MR) is 77.3 cm³/mol. The molecule has 108 valence electrons. The minimum absolute atomic E-state index is 0.0537. The standard InChI is InChI=1S/C15H27N3O/c1-4-8-16-9-6-13-10-18(12-17-13)11-14-5-7-15(2,3)19-14/h10,12,14,16H,4-9,11H2,1-3H3. The molecule has 1 atom stereocenters. The Hall–Kier alpha value is -0.870. The third kappa shape index (κ3) is 4.62. The second-order valence-electron chi connectivity index (χ2n) is 6.10. The molecule has 0 radical (unpaired) electrons. The number of imidazole rings is 1. The molecule has 0 amide bonds. The van der Waals surface area contributed by atoms with Gasteiger partial charge < -0.3 is 14.6 Å². The summed E-state index contributed by atoms with van der Waals surface area (Å²) in [5.41, 5.74) is 1.22. The Morgan fingerprint density at radius 2 is 2.32 bits per heavy atom. The molecule has 1 saturated heterocycles. The third-order valence-corrected chi connectivity index (χ3v) is 3.64. The van der Waals surface area contributed by atoms with Crippen molar-refractivity contribution in [3.8, 4) is 0 Å². The zero-order valence-electron chi connectivity index (χ0n) is 12.5. The summed E-state index contributed by atoms with van der Waals surface area (Å²) >= 11 is 0. The largest absolute Gasteiger partial charge is 0.370 e. The predicted octanol–water partition coefficient (Wildman–Crippen LogP) is 2.38. The van der Waals surface area contributed by atoms with E-state index in [1.807, 2.05) is 6.33 Å². The molecular weight excluding hydrogens is 238 g/mol. The Bertz CT molecular complexity index is 386. The monoisotopic (exact) mass is 265 g/mol. The number of ether oxygens (including phenoxy) is 1. The van der Waals surface area contributed by atoms with E-state index in [0.29, 0.717) is 6.10 Å². The van der Waals surface area contributed by atoms with Gasteiger partial charge in [-0.2, -0.15) is 0 Å². The van der Waals surface area contributed by atoms with Gasteiger partial charge in [-0.3, -0.25) is 0 Å². The Kier molecular flexibility index (Phi) is 4.99. The minimum atomic E-state index is 0.0537. The number of nitrogens with one attached hydrogen (secondary N) is 1. The van der Waals surface area contributed by atoms with Crippen LogP contribution in [0.1, 0.15) is 45.7 Å². The first-order valence-corrected chi connectivity index (χ1v) is 7.48.